The lowest BCUT2D eigenvalue weighted by molar-refractivity contribution is 0.0292. The quantitative estimate of drug-likeness (QED) is 0.702. The summed E-state index contributed by atoms with van der Waals surface area (Å²) in [6.45, 7) is 6.99. The van der Waals surface area contributed by atoms with Crippen LogP contribution in [-0.2, 0) is 11.3 Å². The van der Waals surface area contributed by atoms with Crippen LogP contribution in [0.5, 0.6) is 5.75 Å². The van der Waals surface area contributed by atoms with Gasteiger partial charge in [-0.25, -0.2) is 9.18 Å². The van der Waals surface area contributed by atoms with Gasteiger partial charge in [-0.1, -0.05) is 11.6 Å². The molecule has 1 aromatic carbocycles. The van der Waals surface area contributed by atoms with E-state index in [-0.39, 0.29) is 24.4 Å². The minimum absolute atomic E-state index is 0.139. The van der Waals surface area contributed by atoms with Crippen LogP contribution in [0.1, 0.15) is 44.4 Å². The van der Waals surface area contributed by atoms with Crippen molar-refractivity contribution in [2.24, 2.45) is 0 Å². The van der Waals surface area contributed by atoms with E-state index in [9.17, 15) is 9.18 Å². The van der Waals surface area contributed by atoms with Gasteiger partial charge in [0, 0.05) is 35.9 Å². The Hall–Kier alpha value is -2.34. The SMILES string of the molecule is CC(C)(C)OC(=O)N1CCC(c2cc(COc3ccc(Cl)cc3F)ccn2)C1. The lowest BCUT2D eigenvalue weighted by Gasteiger charge is -2.24. The number of ether oxygens (including phenoxy) is 2. The molecule has 5 nitrogen and oxygen atoms in total. The first-order chi connectivity index (χ1) is 13.2. The van der Waals surface area contributed by atoms with Gasteiger partial charge in [-0.15, -0.1) is 0 Å². The van der Waals surface area contributed by atoms with Gasteiger partial charge in [0.15, 0.2) is 11.6 Å². The summed E-state index contributed by atoms with van der Waals surface area (Å²) in [7, 11) is 0. The molecule has 1 aliphatic rings. The third kappa shape index (κ3) is 5.35. The molecule has 0 aliphatic carbocycles. The van der Waals surface area contributed by atoms with E-state index in [0.29, 0.717) is 18.1 Å². The van der Waals surface area contributed by atoms with Crippen molar-refractivity contribution >= 4 is 17.7 Å². The van der Waals surface area contributed by atoms with Gasteiger partial charge in [0.1, 0.15) is 12.2 Å². The lowest BCUT2D eigenvalue weighted by atomic mass is 10.0. The Bertz CT molecular complexity index is 854. The molecule has 0 radical (unpaired) electrons. The number of nitrogens with zero attached hydrogens (tertiary/aromatic N) is 2. The van der Waals surface area contributed by atoms with E-state index in [2.05, 4.69) is 4.98 Å². The van der Waals surface area contributed by atoms with Crippen LogP contribution in [0.3, 0.4) is 0 Å². The highest BCUT2D eigenvalue weighted by atomic mass is 35.5. The van der Waals surface area contributed by atoms with E-state index >= 15 is 0 Å². The van der Waals surface area contributed by atoms with Crippen LogP contribution in [0.15, 0.2) is 36.5 Å². The highest BCUT2D eigenvalue weighted by molar-refractivity contribution is 6.30. The van der Waals surface area contributed by atoms with Crippen LogP contribution in [0.4, 0.5) is 9.18 Å². The first-order valence-electron chi connectivity index (χ1n) is 9.22. The molecule has 1 unspecified atom stereocenters. The van der Waals surface area contributed by atoms with Crippen molar-refractivity contribution < 1.29 is 18.7 Å². The Labute approximate surface area is 169 Å². The molecule has 7 heteroatoms. The van der Waals surface area contributed by atoms with Crippen molar-refractivity contribution in [3.05, 3.63) is 58.6 Å². The molecule has 0 bridgehead atoms. The average Bonchev–Trinajstić information content (AvgIpc) is 3.10. The highest BCUT2D eigenvalue weighted by Gasteiger charge is 2.31. The zero-order valence-electron chi connectivity index (χ0n) is 16.2. The predicted octanol–water partition coefficient (Wildman–Crippen LogP) is 5.18. The van der Waals surface area contributed by atoms with Gasteiger partial charge in [-0.05, 0) is 63.1 Å². The van der Waals surface area contributed by atoms with E-state index in [4.69, 9.17) is 21.1 Å². The summed E-state index contributed by atoms with van der Waals surface area (Å²) in [6, 6.07) is 8.09. The summed E-state index contributed by atoms with van der Waals surface area (Å²) < 4.78 is 24.8. The number of halogens is 2. The van der Waals surface area contributed by atoms with Gasteiger partial charge >= 0.3 is 6.09 Å². The molecule has 1 fully saturated rings. The summed E-state index contributed by atoms with van der Waals surface area (Å²) in [5, 5.41) is 0.326. The molecule has 28 heavy (non-hydrogen) atoms. The smallest absolute Gasteiger partial charge is 0.410 e. The van der Waals surface area contributed by atoms with Crippen molar-refractivity contribution in [3.8, 4) is 5.75 Å². The molecule has 2 aromatic rings. The largest absolute Gasteiger partial charge is 0.486 e. The summed E-state index contributed by atoms with van der Waals surface area (Å²) in [4.78, 5) is 18.4. The molecule has 1 aromatic heterocycles. The van der Waals surface area contributed by atoms with Gasteiger partial charge in [0.25, 0.3) is 0 Å². The first-order valence-corrected chi connectivity index (χ1v) is 9.60. The predicted molar refractivity (Wildman–Crippen MR) is 105 cm³/mol. The van der Waals surface area contributed by atoms with Gasteiger partial charge < -0.3 is 14.4 Å². The number of likely N-dealkylation sites (tertiary alicyclic amines) is 1. The third-order valence-corrected chi connectivity index (χ3v) is 4.63. The van der Waals surface area contributed by atoms with Crippen LogP contribution in [0.2, 0.25) is 5.02 Å². The van der Waals surface area contributed by atoms with Crippen molar-refractivity contribution in [2.45, 2.75) is 45.3 Å². The second kappa shape index (κ2) is 8.35. The summed E-state index contributed by atoms with van der Waals surface area (Å²) in [5.41, 5.74) is 1.26. The second-order valence-electron chi connectivity index (χ2n) is 7.86. The van der Waals surface area contributed by atoms with Gasteiger partial charge in [0.05, 0.1) is 0 Å². The molecule has 0 N–H and O–H groups in total. The number of carbonyl (C=O) groups is 1. The average molecular weight is 407 g/mol. The van der Waals surface area contributed by atoms with E-state index in [1.54, 1.807) is 17.2 Å². The fourth-order valence-corrected chi connectivity index (χ4v) is 3.21. The third-order valence-electron chi connectivity index (χ3n) is 4.39. The summed E-state index contributed by atoms with van der Waals surface area (Å²) >= 11 is 5.76. The molecule has 0 spiro atoms. The van der Waals surface area contributed by atoms with E-state index < -0.39 is 11.4 Å². The number of pyridine rings is 1. The van der Waals surface area contributed by atoms with Gasteiger partial charge in [-0.3, -0.25) is 4.98 Å². The van der Waals surface area contributed by atoms with E-state index in [1.807, 2.05) is 32.9 Å². The molecule has 1 atom stereocenters. The number of hydrogen-bond donors (Lipinski definition) is 0. The standard InChI is InChI=1S/C21H24ClFN2O3/c1-21(2,3)28-20(26)25-9-7-15(12-25)18-10-14(6-8-24-18)13-27-19-5-4-16(22)11-17(19)23/h4-6,8,10-11,15H,7,9,12-13H2,1-3H3. The van der Waals surface area contributed by atoms with Crippen LogP contribution in [0.25, 0.3) is 0 Å². The molecule has 1 amide bonds. The molecule has 1 saturated heterocycles. The Kier molecular flexibility index (Phi) is 6.08. The minimum Gasteiger partial charge on any atom is -0.486 e. The molecule has 1 aliphatic heterocycles. The number of carbonyl (C=O) groups excluding carboxylic acids is 1. The second-order valence-corrected chi connectivity index (χ2v) is 8.30. The highest BCUT2D eigenvalue weighted by Crippen LogP contribution is 2.28. The Morgan fingerprint density at radius 1 is 1.32 bits per heavy atom. The summed E-state index contributed by atoms with van der Waals surface area (Å²) in [5.74, 6) is -0.204. The molecule has 3 rings (SSSR count). The number of hydrogen-bond acceptors (Lipinski definition) is 4. The van der Waals surface area contributed by atoms with Crippen LogP contribution < -0.4 is 4.74 Å². The number of aromatic nitrogens is 1. The first kappa shape index (κ1) is 20.4. The van der Waals surface area contributed by atoms with E-state index in [1.165, 1.54) is 12.1 Å². The molecular formula is C21H24ClFN2O3. The Morgan fingerprint density at radius 2 is 2.11 bits per heavy atom. The lowest BCUT2D eigenvalue weighted by Crippen LogP contribution is -2.35. The maximum Gasteiger partial charge on any atom is 0.410 e. The minimum atomic E-state index is -0.512. The monoisotopic (exact) mass is 406 g/mol. The Balaban J connectivity index is 1.61. The zero-order valence-corrected chi connectivity index (χ0v) is 17.0. The van der Waals surface area contributed by atoms with Crippen molar-refractivity contribution in [1.82, 2.24) is 9.88 Å². The molecular weight excluding hydrogens is 383 g/mol. The number of benzene rings is 1. The molecule has 0 saturated carbocycles. The van der Waals surface area contributed by atoms with Gasteiger partial charge in [-0.2, -0.15) is 0 Å². The maximum absolute atomic E-state index is 13.8. The van der Waals surface area contributed by atoms with Crippen molar-refractivity contribution in [2.75, 3.05) is 13.1 Å². The van der Waals surface area contributed by atoms with Crippen molar-refractivity contribution in [3.63, 3.8) is 0 Å². The van der Waals surface area contributed by atoms with Crippen LogP contribution >= 0.6 is 11.6 Å². The topological polar surface area (TPSA) is 51.7 Å². The number of amides is 1. The molecule has 150 valence electrons. The van der Waals surface area contributed by atoms with Crippen molar-refractivity contribution in [1.29, 1.82) is 0 Å². The fourth-order valence-electron chi connectivity index (χ4n) is 3.05. The maximum atomic E-state index is 13.8. The van der Waals surface area contributed by atoms with Gasteiger partial charge in [0.2, 0.25) is 0 Å². The Morgan fingerprint density at radius 3 is 2.82 bits per heavy atom. The number of rotatable bonds is 4. The van der Waals surface area contributed by atoms with E-state index in [0.717, 1.165) is 17.7 Å². The summed E-state index contributed by atoms with van der Waals surface area (Å²) in [6.07, 6.45) is 2.23. The van der Waals surface area contributed by atoms with Crippen LogP contribution in [0, 0.1) is 5.82 Å². The zero-order chi connectivity index (χ0) is 20.3. The molecule has 2 heterocycles. The normalized spacial score (nSPS) is 16.9. The fraction of sp³-hybridized carbons (Fsp3) is 0.429. The van der Waals surface area contributed by atoms with Crippen LogP contribution in [-0.4, -0.2) is 34.7 Å².